The Morgan fingerprint density at radius 3 is 2.33 bits per heavy atom. The number of aromatic nitrogens is 1. The van der Waals surface area contributed by atoms with Crippen LogP contribution in [0.2, 0.25) is 0 Å². The highest BCUT2D eigenvalue weighted by Crippen LogP contribution is 2.23. The van der Waals surface area contributed by atoms with E-state index in [4.69, 9.17) is 0 Å². The minimum Gasteiger partial charge on any atom is -0.348 e. The van der Waals surface area contributed by atoms with Gasteiger partial charge >= 0.3 is 0 Å². The molecule has 1 aromatic heterocycles. The minimum atomic E-state index is -0.220. The van der Waals surface area contributed by atoms with Crippen LogP contribution in [0.5, 0.6) is 0 Å². The Morgan fingerprint density at radius 1 is 1.04 bits per heavy atom. The number of para-hydroxylation sites is 1. The van der Waals surface area contributed by atoms with Crippen LogP contribution in [0.15, 0.2) is 36.5 Å². The van der Waals surface area contributed by atoms with E-state index < -0.39 is 0 Å². The van der Waals surface area contributed by atoms with E-state index in [1.807, 2.05) is 18.2 Å². The molecule has 3 rings (SSSR count). The topological polar surface area (TPSA) is 71.1 Å². The molecule has 1 heterocycles. The van der Waals surface area contributed by atoms with E-state index in [0.717, 1.165) is 55.3 Å². The summed E-state index contributed by atoms with van der Waals surface area (Å²) in [5, 5.41) is 6.05. The summed E-state index contributed by atoms with van der Waals surface area (Å²) >= 11 is 0. The fourth-order valence-corrected chi connectivity index (χ4v) is 3.61. The number of rotatable bonds is 6. The molecule has 2 N–H and O–H groups in total. The highest BCUT2D eigenvalue weighted by molar-refractivity contribution is 6.06. The maximum atomic E-state index is 12.8. The third-order valence-electron chi connectivity index (χ3n) is 5.18. The van der Waals surface area contributed by atoms with Crippen molar-refractivity contribution in [1.29, 1.82) is 0 Å². The monoisotopic (exact) mass is 365 g/mol. The van der Waals surface area contributed by atoms with Gasteiger partial charge in [0.1, 0.15) is 5.69 Å². The molecule has 0 saturated heterocycles. The summed E-state index contributed by atoms with van der Waals surface area (Å²) in [7, 11) is 0. The van der Waals surface area contributed by atoms with E-state index in [1.165, 1.54) is 6.20 Å². The summed E-state index contributed by atoms with van der Waals surface area (Å²) in [4.78, 5) is 29.4. The normalized spacial score (nSPS) is 14.1. The van der Waals surface area contributed by atoms with Crippen molar-refractivity contribution in [3.8, 4) is 0 Å². The Kier molecular flexibility index (Phi) is 6.22. The Hall–Kier alpha value is -2.69. The van der Waals surface area contributed by atoms with Crippen molar-refractivity contribution in [2.45, 2.75) is 58.4 Å². The number of carbonyl (C=O) groups excluding carboxylic acids is 2. The van der Waals surface area contributed by atoms with Crippen LogP contribution in [-0.2, 0) is 12.8 Å². The number of hydrogen-bond acceptors (Lipinski definition) is 3. The van der Waals surface area contributed by atoms with Gasteiger partial charge < -0.3 is 10.6 Å². The molecular weight excluding hydrogens is 338 g/mol. The third-order valence-corrected chi connectivity index (χ3v) is 5.18. The quantitative estimate of drug-likeness (QED) is 0.808. The van der Waals surface area contributed by atoms with Crippen molar-refractivity contribution in [3.05, 3.63) is 58.9 Å². The van der Waals surface area contributed by atoms with Crippen LogP contribution >= 0.6 is 0 Å². The maximum Gasteiger partial charge on any atom is 0.270 e. The van der Waals surface area contributed by atoms with Gasteiger partial charge in [-0.15, -0.1) is 0 Å². The molecule has 1 aromatic carbocycles. The highest BCUT2D eigenvalue weighted by atomic mass is 16.2. The average molecular weight is 365 g/mol. The second-order valence-corrected chi connectivity index (χ2v) is 7.00. The van der Waals surface area contributed by atoms with E-state index in [0.29, 0.717) is 5.56 Å². The number of carbonyl (C=O) groups is 2. The van der Waals surface area contributed by atoms with E-state index in [1.54, 1.807) is 12.1 Å². The second kappa shape index (κ2) is 8.80. The molecule has 1 aliphatic rings. The highest BCUT2D eigenvalue weighted by Gasteiger charge is 2.20. The van der Waals surface area contributed by atoms with Gasteiger partial charge in [0.25, 0.3) is 11.8 Å². The molecule has 142 valence electrons. The lowest BCUT2D eigenvalue weighted by Gasteiger charge is -2.15. The summed E-state index contributed by atoms with van der Waals surface area (Å²) in [5.74, 6) is -0.428. The van der Waals surface area contributed by atoms with Gasteiger partial charge in [-0.1, -0.05) is 44.9 Å². The lowest BCUT2D eigenvalue weighted by Crippen LogP contribution is -2.33. The molecule has 0 aliphatic heterocycles. The number of nitrogens with one attached hydrogen (secondary N) is 2. The Balaban J connectivity index is 1.77. The van der Waals surface area contributed by atoms with Crippen molar-refractivity contribution in [2.75, 3.05) is 5.32 Å². The SMILES string of the molecule is CCc1cccc(CC)c1NC(=O)c1ccnc(C(=O)NC2CCCC2)c1. The Morgan fingerprint density at radius 2 is 1.70 bits per heavy atom. The van der Waals surface area contributed by atoms with Gasteiger partial charge in [-0.2, -0.15) is 0 Å². The molecule has 1 aliphatic carbocycles. The smallest absolute Gasteiger partial charge is 0.270 e. The van der Waals surface area contributed by atoms with E-state index in [2.05, 4.69) is 29.5 Å². The molecule has 0 spiro atoms. The lowest BCUT2D eigenvalue weighted by atomic mass is 10.0. The van der Waals surface area contributed by atoms with Crippen LogP contribution < -0.4 is 10.6 Å². The van der Waals surface area contributed by atoms with Gasteiger partial charge in [0, 0.05) is 23.5 Å². The van der Waals surface area contributed by atoms with Crippen LogP contribution in [0.4, 0.5) is 5.69 Å². The zero-order valence-corrected chi connectivity index (χ0v) is 16.0. The van der Waals surface area contributed by atoms with Gasteiger partial charge in [0.2, 0.25) is 0 Å². The van der Waals surface area contributed by atoms with Gasteiger partial charge in [-0.3, -0.25) is 14.6 Å². The lowest BCUT2D eigenvalue weighted by molar-refractivity contribution is 0.0933. The molecule has 0 atom stereocenters. The largest absolute Gasteiger partial charge is 0.348 e. The van der Waals surface area contributed by atoms with Crippen molar-refractivity contribution in [1.82, 2.24) is 10.3 Å². The molecule has 1 fully saturated rings. The number of hydrogen-bond donors (Lipinski definition) is 2. The number of amides is 2. The van der Waals surface area contributed by atoms with E-state index in [9.17, 15) is 9.59 Å². The summed E-state index contributed by atoms with van der Waals surface area (Å²) in [5.41, 5.74) is 3.82. The maximum absolute atomic E-state index is 12.8. The summed E-state index contributed by atoms with van der Waals surface area (Å²) in [6, 6.07) is 9.51. The zero-order valence-electron chi connectivity index (χ0n) is 16.0. The second-order valence-electron chi connectivity index (χ2n) is 7.00. The molecule has 5 heteroatoms. The van der Waals surface area contributed by atoms with Crippen LogP contribution in [0.3, 0.4) is 0 Å². The predicted molar refractivity (Wildman–Crippen MR) is 107 cm³/mol. The summed E-state index contributed by atoms with van der Waals surface area (Å²) < 4.78 is 0. The van der Waals surface area contributed by atoms with Crippen molar-refractivity contribution in [3.63, 3.8) is 0 Å². The molecule has 0 radical (unpaired) electrons. The van der Waals surface area contributed by atoms with Gasteiger partial charge in [0.15, 0.2) is 0 Å². The van der Waals surface area contributed by atoms with E-state index in [-0.39, 0.29) is 23.6 Å². The molecule has 27 heavy (non-hydrogen) atoms. The molecule has 1 saturated carbocycles. The fourth-order valence-electron chi connectivity index (χ4n) is 3.61. The first kappa shape index (κ1) is 19.1. The third kappa shape index (κ3) is 4.54. The molecule has 2 amide bonds. The van der Waals surface area contributed by atoms with Gasteiger partial charge in [-0.25, -0.2) is 0 Å². The van der Waals surface area contributed by atoms with Crippen LogP contribution in [0.25, 0.3) is 0 Å². The zero-order chi connectivity index (χ0) is 19.2. The van der Waals surface area contributed by atoms with Crippen LogP contribution in [0, 0.1) is 0 Å². The summed E-state index contributed by atoms with van der Waals surface area (Å²) in [6.45, 7) is 4.14. The number of aryl methyl sites for hydroxylation is 2. The number of benzene rings is 1. The number of nitrogens with zero attached hydrogens (tertiary/aromatic N) is 1. The van der Waals surface area contributed by atoms with Crippen molar-refractivity contribution < 1.29 is 9.59 Å². The van der Waals surface area contributed by atoms with Gasteiger partial charge in [0.05, 0.1) is 0 Å². The van der Waals surface area contributed by atoms with E-state index >= 15 is 0 Å². The van der Waals surface area contributed by atoms with Crippen LogP contribution in [-0.4, -0.2) is 22.8 Å². The standard InChI is InChI=1S/C22H27N3O2/c1-3-15-8-7-9-16(4-2)20(15)25-21(26)17-12-13-23-19(14-17)22(27)24-18-10-5-6-11-18/h7-9,12-14,18H,3-6,10-11H2,1-2H3,(H,24,27)(H,25,26). The van der Waals surface area contributed by atoms with Crippen molar-refractivity contribution >= 4 is 17.5 Å². The van der Waals surface area contributed by atoms with Gasteiger partial charge in [-0.05, 0) is 48.9 Å². The van der Waals surface area contributed by atoms with Crippen LogP contribution in [0.1, 0.15) is 71.5 Å². The molecule has 0 bridgehead atoms. The Bertz CT molecular complexity index is 804. The predicted octanol–water partition coefficient (Wildman–Crippen LogP) is 4.13. The summed E-state index contributed by atoms with van der Waals surface area (Å²) in [6.07, 6.45) is 7.53. The average Bonchev–Trinajstić information content (AvgIpc) is 3.21. The molecular formula is C22H27N3O2. The minimum absolute atomic E-state index is 0.209. The molecule has 5 nitrogen and oxygen atoms in total. The van der Waals surface area contributed by atoms with Crippen molar-refractivity contribution in [2.24, 2.45) is 0 Å². The number of pyridine rings is 1. The molecule has 0 unspecified atom stereocenters. The first-order valence-corrected chi connectivity index (χ1v) is 9.81. The number of anilines is 1. The molecule has 2 aromatic rings. The first-order chi connectivity index (χ1) is 13.1. The Labute approximate surface area is 160 Å². The first-order valence-electron chi connectivity index (χ1n) is 9.81. The fraction of sp³-hybridized carbons (Fsp3) is 0.409.